The van der Waals surface area contributed by atoms with Crippen molar-refractivity contribution >= 4 is 22.6 Å². The van der Waals surface area contributed by atoms with Crippen LogP contribution in [0.5, 0.6) is 5.88 Å². The van der Waals surface area contributed by atoms with Crippen molar-refractivity contribution in [3.63, 3.8) is 0 Å². The minimum absolute atomic E-state index is 0.0684. The molecule has 1 aromatic heterocycles. The molecule has 90 valence electrons. The molecule has 8 heteroatoms. The van der Waals surface area contributed by atoms with Crippen LogP contribution in [0.1, 0.15) is 11.1 Å². The molecule has 1 N–H and O–H groups in total. The number of halogens is 5. The second kappa shape index (κ2) is 5.13. The number of rotatable bonds is 3. The Morgan fingerprint density at radius 2 is 2.06 bits per heavy atom. The molecule has 0 bridgehead atoms. The lowest BCUT2D eigenvalue weighted by Gasteiger charge is -2.13. The van der Waals surface area contributed by atoms with Crippen molar-refractivity contribution in [1.29, 1.82) is 0 Å². The fourth-order valence-electron chi connectivity index (χ4n) is 1.05. The predicted molar refractivity (Wildman–Crippen MR) is 54.4 cm³/mol. The summed E-state index contributed by atoms with van der Waals surface area (Å²) in [5.41, 5.74) is -0.360. The Labute approximate surface area is 102 Å². The molecule has 0 radical (unpaired) electrons. The molecule has 0 aliphatic carbocycles. The summed E-state index contributed by atoms with van der Waals surface area (Å²) in [6.07, 6.45) is -4.92. The van der Waals surface area contributed by atoms with Crippen molar-refractivity contribution in [2.45, 2.75) is 19.6 Å². The van der Waals surface area contributed by atoms with E-state index in [0.29, 0.717) is 0 Å². The lowest BCUT2D eigenvalue weighted by molar-refractivity contribution is -0.276. The number of hydrogen-bond donors (Lipinski definition) is 1. The first-order valence-corrected chi connectivity index (χ1v) is 5.06. The molecule has 16 heavy (non-hydrogen) atoms. The van der Waals surface area contributed by atoms with Crippen molar-refractivity contribution < 1.29 is 27.4 Å². The van der Waals surface area contributed by atoms with Crippen molar-refractivity contribution in [1.82, 2.24) is 4.98 Å². The van der Waals surface area contributed by atoms with Gasteiger partial charge >= 0.3 is 6.36 Å². The van der Waals surface area contributed by atoms with Gasteiger partial charge in [-0.05, 0) is 34.2 Å². The molecule has 0 amide bonds. The Hall–Kier alpha value is -0.640. The number of aliphatic hydroxyl groups excluding tert-OH is 1. The molecule has 0 aliphatic heterocycles. The lowest BCUT2D eigenvalue weighted by atomic mass is 10.1. The van der Waals surface area contributed by atoms with Crippen molar-refractivity contribution in [3.8, 4) is 5.88 Å². The molecular formula is C8H6F4INO2. The molecule has 0 fully saturated rings. The molecule has 1 aromatic rings. The van der Waals surface area contributed by atoms with Crippen LogP contribution in [-0.4, -0.2) is 16.5 Å². The van der Waals surface area contributed by atoms with Gasteiger partial charge in [-0.3, -0.25) is 0 Å². The molecule has 0 spiro atoms. The second-order valence-electron chi connectivity index (χ2n) is 2.73. The number of nitrogens with zero attached hydrogens (tertiary/aromatic N) is 1. The Morgan fingerprint density at radius 1 is 1.44 bits per heavy atom. The van der Waals surface area contributed by atoms with Gasteiger partial charge in [-0.25, -0.2) is 9.37 Å². The van der Waals surface area contributed by atoms with E-state index in [-0.39, 0.29) is 14.8 Å². The standard InChI is InChI=1S/C8H6F4INO2/c9-2-4-1-6(13)14-7(5(4)3-15)16-8(10,11)12/h1,15H,2-3H2. The molecular weight excluding hydrogens is 345 g/mol. The van der Waals surface area contributed by atoms with Gasteiger partial charge in [0.05, 0.1) is 6.61 Å². The first-order chi connectivity index (χ1) is 7.37. The number of hydrogen-bond acceptors (Lipinski definition) is 3. The van der Waals surface area contributed by atoms with Crippen LogP contribution in [0.15, 0.2) is 6.07 Å². The molecule has 0 saturated carbocycles. The van der Waals surface area contributed by atoms with Gasteiger partial charge in [0, 0.05) is 5.56 Å². The van der Waals surface area contributed by atoms with E-state index in [0.717, 1.165) is 0 Å². The zero-order chi connectivity index (χ0) is 12.3. The number of aromatic nitrogens is 1. The lowest BCUT2D eigenvalue weighted by Crippen LogP contribution is -2.20. The number of alkyl halides is 4. The summed E-state index contributed by atoms with van der Waals surface area (Å²) >= 11 is 1.63. The summed E-state index contributed by atoms with van der Waals surface area (Å²) in [4.78, 5) is 3.46. The smallest absolute Gasteiger partial charge is 0.391 e. The summed E-state index contributed by atoms with van der Waals surface area (Å²) in [5, 5.41) is 8.86. The Balaban J connectivity index is 3.20. The third-order valence-corrected chi connectivity index (χ3v) is 2.21. The van der Waals surface area contributed by atoms with Crippen LogP contribution in [0.25, 0.3) is 0 Å². The first-order valence-electron chi connectivity index (χ1n) is 3.98. The van der Waals surface area contributed by atoms with Gasteiger partial charge in [-0.15, -0.1) is 13.2 Å². The zero-order valence-corrected chi connectivity index (χ0v) is 9.84. The quantitative estimate of drug-likeness (QED) is 0.517. The topological polar surface area (TPSA) is 42.4 Å². The van der Waals surface area contributed by atoms with E-state index in [4.69, 9.17) is 5.11 Å². The van der Waals surface area contributed by atoms with Gasteiger partial charge < -0.3 is 9.84 Å². The van der Waals surface area contributed by atoms with Crippen LogP contribution < -0.4 is 4.74 Å². The monoisotopic (exact) mass is 351 g/mol. The SMILES string of the molecule is OCc1c(CF)cc(I)nc1OC(F)(F)F. The second-order valence-corrected chi connectivity index (χ2v) is 3.83. The third-order valence-electron chi connectivity index (χ3n) is 1.66. The van der Waals surface area contributed by atoms with E-state index >= 15 is 0 Å². The molecule has 0 aliphatic rings. The normalized spacial score (nSPS) is 11.6. The molecule has 3 nitrogen and oxygen atoms in total. The van der Waals surface area contributed by atoms with Crippen LogP contribution in [0.2, 0.25) is 0 Å². The summed E-state index contributed by atoms with van der Waals surface area (Å²) in [5.74, 6) is -0.811. The Kier molecular flexibility index (Phi) is 4.30. The van der Waals surface area contributed by atoms with Gasteiger partial charge in [0.1, 0.15) is 10.4 Å². The molecule has 0 atom stereocenters. The van der Waals surface area contributed by atoms with E-state index in [2.05, 4.69) is 9.72 Å². The Morgan fingerprint density at radius 3 is 2.50 bits per heavy atom. The fraction of sp³-hybridized carbons (Fsp3) is 0.375. The van der Waals surface area contributed by atoms with Gasteiger partial charge in [0.25, 0.3) is 0 Å². The van der Waals surface area contributed by atoms with Crippen LogP contribution in [0, 0.1) is 3.70 Å². The minimum atomic E-state index is -4.92. The van der Waals surface area contributed by atoms with Crippen LogP contribution in [0.3, 0.4) is 0 Å². The van der Waals surface area contributed by atoms with Crippen LogP contribution in [0.4, 0.5) is 17.6 Å². The highest BCUT2D eigenvalue weighted by Gasteiger charge is 2.33. The minimum Gasteiger partial charge on any atom is -0.391 e. The number of ether oxygens (including phenoxy) is 1. The van der Waals surface area contributed by atoms with Crippen LogP contribution in [-0.2, 0) is 13.3 Å². The first kappa shape index (κ1) is 13.4. The highest BCUT2D eigenvalue weighted by molar-refractivity contribution is 14.1. The fourth-order valence-corrected chi connectivity index (χ4v) is 1.64. The molecule has 1 rings (SSSR count). The van der Waals surface area contributed by atoms with E-state index in [1.54, 1.807) is 22.6 Å². The van der Waals surface area contributed by atoms with Crippen molar-refractivity contribution in [3.05, 3.63) is 20.9 Å². The van der Waals surface area contributed by atoms with E-state index in [9.17, 15) is 17.6 Å². The van der Waals surface area contributed by atoms with E-state index in [1.165, 1.54) is 6.07 Å². The van der Waals surface area contributed by atoms with Gasteiger partial charge in [-0.2, -0.15) is 0 Å². The molecule has 0 unspecified atom stereocenters. The number of pyridine rings is 1. The summed E-state index contributed by atoms with van der Waals surface area (Å²) < 4.78 is 52.2. The van der Waals surface area contributed by atoms with Crippen molar-refractivity contribution in [2.24, 2.45) is 0 Å². The highest BCUT2D eigenvalue weighted by atomic mass is 127. The summed E-state index contributed by atoms with van der Waals surface area (Å²) in [6.45, 7) is -1.77. The van der Waals surface area contributed by atoms with Gasteiger partial charge in [0.15, 0.2) is 0 Å². The Bertz CT molecular complexity index is 383. The third kappa shape index (κ3) is 3.44. The van der Waals surface area contributed by atoms with Gasteiger partial charge in [-0.1, -0.05) is 0 Å². The van der Waals surface area contributed by atoms with E-state index < -0.39 is 25.5 Å². The average molecular weight is 351 g/mol. The average Bonchev–Trinajstić information content (AvgIpc) is 2.14. The van der Waals surface area contributed by atoms with Crippen LogP contribution >= 0.6 is 22.6 Å². The maximum Gasteiger partial charge on any atom is 0.574 e. The molecule has 0 aromatic carbocycles. The highest BCUT2D eigenvalue weighted by Crippen LogP contribution is 2.28. The number of aliphatic hydroxyl groups is 1. The summed E-state index contributed by atoms with van der Waals surface area (Å²) in [6, 6.07) is 1.25. The molecule has 1 heterocycles. The predicted octanol–water partition coefficient (Wildman–Crippen LogP) is 2.55. The maximum atomic E-state index is 12.5. The molecule has 0 saturated heterocycles. The van der Waals surface area contributed by atoms with E-state index in [1.807, 2.05) is 0 Å². The summed E-state index contributed by atoms with van der Waals surface area (Å²) in [7, 11) is 0. The van der Waals surface area contributed by atoms with Gasteiger partial charge in [0.2, 0.25) is 5.88 Å². The maximum absolute atomic E-state index is 12.5. The largest absolute Gasteiger partial charge is 0.574 e. The zero-order valence-electron chi connectivity index (χ0n) is 7.68. The van der Waals surface area contributed by atoms with Crippen molar-refractivity contribution in [2.75, 3.05) is 0 Å².